The van der Waals surface area contributed by atoms with E-state index in [0.29, 0.717) is 12.6 Å². The van der Waals surface area contributed by atoms with Gasteiger partial charge in [-0.2, -0.15) is 0 Å². The van der Waals surface area contributed by atoms with Gasteiger partial charge in [-0.05, 0) is 49.9 Å². The smallest absolute Gasteiger partial charge is 0.191 e. The summed E-state index contributed by atoms with van der Waals surface area (Å²) < 4.78 is 5.69. The highest BCUT2D eigenvalue weighted by molar-refractivity contribution is 5.80. The highest BCUT2D eigenvalue weighted by Gasteiger charge is 2.20. The van der Waals surface area contributed by atoms with E-state index >= 15 is 0 Å². The van der Waals surface area contributed by atoms with Crippen LogP contribution in [-0.4, -0.2) is 60.9 Å². The third kappa shape index (κ3) is 8.23. The molecule has 0 aromatic heterocycles. The Labute approximate surface area is 186 Å². The molecule has 1 saturated heterocycles. The Morgan fingerprint density at radius 3 is 2.65 bits per heavy atom. The number of hydrogen-bond donors (Lipinski definition) is 3. The summed E-state index contributed by atoms with van der Waals surface area (Å²) in [6, 6.07) is 18.9. The minimum Gasteiger partial charge on any atom is -0.491 e. The van der Waals surface area contributed by atoms with Crippen LogP contribution in [0.3, 0.4) is 0 Å². The highest BCUT2D eigenvalue weighted by atomic mass is 16.5. The molecule has 2 aromatic rings. The highest BCUT2D eigenvalue weighted by Crippen LogP contribution is 2.14. The van der Waals surface area contributed by atoms with Crippen LogP contribution in [0.25, 0.3) is 0 Å². The number of aliphatic hydroxyl groups is 1. The topological polar surface area (TPSA) is 69.1 Å². The molecule has 0 saturated carbocycles. The number of nitrogens with zero attached hydrogens (tertiary/aromatic N) is 2. The van der Waals surface area contributed by atoms with Gasteiger partial charge >= 0.3 is 0 Å². The molecule has 168 valence electrons. The van der Waals surface area contributed by atoms with Gasteiger partial charge in [-0.25, -0.2) is 0 Å². The number of aryl methyl sites for hydroxylation is 1. The molecule has 1 atom stereocenters. The predicted molar refractivity (Wildman–Crippen MR) is 127 cm³/mol. The molecule has 1 aliphatic heterocycles. The lowest BCUT2D eigenvalue weighted by molar-refractivity contribution is 0.114. The zero-order valence-electron chi connectivity index (χ0n) is 18.8. The number of nitrogens with one attached hydrogen (secondary N) is 2. The van der Waals surface area contributed by atoms with Crippen LogP contribution in [0.15, 0.2) is 59.6 Å². The van der Waals surface area contributed by atoms with E-state index in [1.807, 2.05) is 31.2 Å². The van der Waals surface area contributed by atoms with Crippen molar-refractivity contribution in [3.05, 3.63) is 65.7 Å². The molecule has 1 fully saturated rings. The average Bonchev–Trinajstić information content (AvgIpc) is 2.78. The van der Waals surface area contributed by atoms with E-state index < -0.39 is 6.10 Å². The minimum absolute atomic E-state index is 0.226. The summed E-state index contributed by atoms with van der Waals surface area (Å²) in [6.45, 7) is 8.53. The zero-order valence-corrected chi connectivity index (χ0v) is 18.8. The molecule has 6 nitrogen and oxygen atoms in total. The second kappa shape index (κ2) is 12.3. The molecule has 0 amide bonds. The van der Waals surface area contributed by atoms with E-state index in [2.05, 4.69) is 57.8 Å². The van der Waals surface area contributed by atoms with Crippen LogP contribution < -0.4 is 15.4 Å². The van der Waals surface area contributed by atoms with E-state index in [1.165, 1.54) is 5.56 Å². The lowest BCUT2D eigenvalue weighted by Gasteiger charge is -2.33. The molecule has 6 heteroatoms. The summed E-state index contributed by atoms with van der Waals surface area (Å²) in [5.41, 5.74) is 2.50. The number of piperidine rings is 1. The van der Waals surface area contributed by atoms with Crippen LogP contribution in [0.1, 0.15) is 30.9 Å². The third-order valence-electron chi connectivity index (χ3n) is 5.41. The Kier molecular flexibility index (Phi) is 9.18. The lowest BCUT2D eigenvalue weighted by Crippen LogP contribution is -2.48. The monoisotopic (exact) mass is 424 g/mol. The van der Waals surface area contributed by atoms with Gasteiger partial charge in [-0.3, -0.25) is 9.89 Å². The average molecular weight is 425 g/mol. The van der Waals surface area contributed by atoms with Crippen molar-refractivity contribution in [1.82, 2.24) is 15.5 Å². The lowest BCUT2D eigenvalue weighted by atomic mass is 10.0. The molecular weight excluding hydrogens is 388 g/mol. The number of ether oxygens (including phenoxy) is 1. The second-order valence-corrected chi connectivity index (χ2v) is 8.18. The molecule has 0 spiro atoms. The first-order valence-corrected chi connectivity index (χ1v) is 11.3. The van der Waals surface area contributed by atoms with Gasteiger partial charge < -0.3 is 20.5 Å². The van der Waals surface area contributed by atoms with Crippen LogP contribution in [0.5, 0.6) is 5.75 Å². The maximum absolute atomic E-state index is 10.3. The molecule has 2 aromatic carbocycles. The van der Waals surface area contributed by atoms with Crippen LogP contribution in [-0.2, 0) is 6.54 Å². The van der Waals surface area contributed by atoms with E-state index in [-0.39, 0.29) is 6.61 Å². The molecular formula is C25H36N4O2. The van der Waals surface area contributed by atoms with E-state index in [1.54, 1.807) is 0 Å². The maximum Gasteiger partial charge on any atom is 0.191 e. The molecule has 3 rings (SSSR count). The van der Waals surface area contributed by atoms with Crippen molar-refractivity contribution in [3.8, 4) is 5.75 Å². The summed E-state index contributed by atoms with van der Waals surface area (Å²) in [4.78, 5) is 7.08. The fourth-order valence-electron chi connectivity index (χ4n) is 3.74. The second-order valence-electron chi connectivity index (χ2n) is 8.18. The largest absolute Gasteiger partial charge is 0.491 e. The maximum atomic E-state index is 10.3. The Hall–Kier alpha value is -2.57. The number of aliphatic imine (C=N–C) groups is 1. The van der Waals surface area contributed by atoms with Crippen molar-refractivity contribution in [2.45, 2.75) is 45.4 Å². The first kappa shape index (κ1) is 23.1. The van der Waals surface area contributed by atoms with E-state index in [4.69, 9.17) is 4.74 Å². The standard InChI is InChI=1S/C25H36N4O2/c1-3-26-25(27-17-23(30)19-31-24-11-7-8-20(2)16-24)28-22-12-14-29(15-13-22)18-21-9-5-4-6-10-21/h4-11,16,22-23,30H,3,12-15,17-19H2,1-2H3,(H2,26,27,28). The summed E-state index contributed by atoms with van der Waals surface area (Å²) in [5.74, 6) is 1.54. The van der Waals surface area contributed by atoms with Gasteiger partial charge in [-0.15, -0.1) is 0 Å². The minimum atomic E-state index is -0.649. The summed E-state index contributed by atoms with van der Waals surface area (Å²) in [7, 11) is 0. The number of rotatable bonds is 9. The van der Waals surface area contributed by atoms with Gasteiger partial charge in [0.2, 0.25) is 0 Å². The molecule has 1 aliphatic rings. The number of hydrogen-bond acceptors (Lipinski definition) is 4. The summed E-state index contributed by atoms with van der Waals surface area (Å²) in [6.07, 6.45) is 1.51. The van der Waals surface area contributed by atoms with Gasteiger partial charge in [0.05, 0.1) is 6.54 Å². The predicted octanol–water partition coefficient (Wildman–Crippen LogP) is 2.95. The molecule has 1 unspecified atom stereocenters. The molecule has 31 heavy (non-hydrogen) atoms. The number of guanidine groups is 1. The van der Waals surface area contributed by atoms with E-state index in [0.717, 1.165) is 56.3 Å². The number of likely N-dealkylation sites (tertiary alicyclic amines) is 1. The Morgan fingerprint density at radius 2 is 1.94 bits per heavy atom. The van der Waals surface area contributed by atoms with Crippen molar-refractivity contribution in [1.29, 1.82) is 0 Å². The molecule has 0 radical (unpaired) electrons. The molecule has 0 aliphatic carbocycles. The van der Waals surface area contributed by atoms with Gasteiger partial charge in [-0.1, -0.05) is 42.5 Å². The van der Waals surface area contributed by atoms with Crippen LogP contribution in [0.4, 0.5) is 0 Å². The Morgan fingerprint density at radius 1 is 1.16 bits per heavy atom. The van der Waals surface area contributed by atoms with E-state index in [9.17, 15) is 5.11 Å². The van der Waals surface area contributed by atoms with Crippen molar-refractivity contribution >= 4 is 5.96 Å². The van der Waals surface area contributed by atoms with Gasteiger partial charge in [0.1, 0.15) is 18.5 Å². The summed E-state index contributed by atoms with van der Waals surface area (Å²) >= 11 is 0. The van der Waals surface area contributed by atoms with Gasteiger partial charge in [0.25, 0.3) is 0 Å². The third-order valence-corrected chi connectivity index (χ3v) is 5.41. The SMILES string of the molecule is CCNC(=NCC(O)COc1cccc(C)c1)NC1CCN(Cc2ccccc2)CC1. The zero-order chi connectivity index (χ0) is 21.9. The first-order chi connectivity index (χ1) is 15.1. The fourth-order valence-corrected chi connectivity index (χ4v) is 3.74. The van der Waals surface area contributed by atoms with Gasteiger partial charge in [0, 0.05) is 32.2 Å². The van der Waals surface area contributed by atoms with Crippen molar-refractivity contribution in [3.63, 3.8) is 0 Å². The van der Waals surface area contributed by atoms with Crippen molar-refractivity contribution < 1.29 is 9.84 Å². The normalized spacial score (nSPS) is 16.7. The van der Waals surface area contributed by atoms with Crippen molar-refractivity contribution in [2.24, 2.45) is 4.99 Å². The fraction of sp³-hybridized carbons (Fsp3) is 0.480. The Balaban J connectivity index is 1.42. The first-order valence-electron chi connectivity index (χ1n) is 11.3. The quantitative estimate of drug-likeness (QED) is 0.427. The number of benzene rings is 2. The molecule has 3 N–H and O–H groups in total. The van der Waals surface area contributed by atoms with Crippen molar-refractivity contribution in [2.75, 3.05) is 32.8 Å². The van der Waals surface area contributed by atoms with Crippen LogP contribution in [0.2, 0.25) is 0 Å². The Bertz CT molecular complexity index is 804. The molecule has 0 bridgehead atoms. The molecule has 1 heterocycles. The summed E-state index contributed by atoms with van der Waals surface area (Å²) in [5, 5.41) is 17.1. The van der Waals surface area contributed by atoms with Crippen LogP contribution in [0, 0.1) is 6.92 Å². The van der Waals surface area contributed by atoms with Gasteiger partial charge in [0.15, 0.2) is 5.96 Å². The van der Waals surface area contributed by atoms with Crippen LogP contribution >= 0.6 is 0 Å². The number of aliphatic hydroxyl groups excluding tert-OH is 1.